The molecular weight excluding hydrogens is 318 g/mol. The highest BCUT2D eigenvalue weighted by molar-refractivity contribution is 5.95. The number of benzene rings is 2. The number of esters is 1. The maximum absolute atomic E-state index is 12.1. The number of carbonyl (C=O) groups is 2. The molecule has 126 valence electrons. The first kappa shape index (κ1) is 16.4. The summed E-state index contributed by atoms with van der Waals surface area (Å²) < 4.78 is 5.11. The summed E-state index contributed by atoms with van der Waals surface area (Å²) in [7, 11) is 0. The maximum Gasteiger partial charge on any atom is 0.325 e. The predicted octanol–water partition coefficient (Wildman–Crippen LogP) is 2.55. The summed E-state index contributed by atoms with van der Waals surface area (Å²) in [5.74, 6) is -0.911. The van der Waals surface area contributed by atoms with Gasteiger partial charge in [0.25, 0.3) is 5.91 Å². The van der Waals surface area contributed by atoms with E-state index in [1.54, 1.807) is 6.07 Å². The van der Waals surface area contributed by atoms with Crippen LogP contribution in [-0.4, -0.2) is 28.6 Å². The van der Waals surface area contributed by atoms with Crippen molar-refractivity contribution >= 4 is 11.9 Å². The summed E-state index contributed by atoms with van der Waals surface area (Å²) in [5, 5.41) is 9.30. The summed E-state index contributed by atoms with van der Waals surface area (Å²) in [4.78, 5) is 23.8. The van der Waals surface area contributed by atoms with E-state index in [-0.39, 0.29) is 18.8 Å². The smallest absolute Gasteiger partial charge is 0.325 e. The fraction of sp³-hybridized carbons (Fsp3) is 0.105. The molecule has 1 heterocycles. The highest BCUT2D eigenvalue weighted by Crippen LogP contribution is 2.16. The van der Waals surface area contributed by atoms with Gasteiger partial charge in [-0.25, -0.2) is 0 Å². The molecule has 0 saturated carbocycles. The SMILES string of the molecule is O=C(CNC(=O)c1cc(-c2ccccc2)n[nH]1)OCc1ccccc1. The number of aromatic nitrogens is 2. The minimum Gasteiger partial charge on any atom is -0.460 e. The zero-order chi connectivity index (χ0) is 17.5. The van der Waals surface area contributed by atoms with Crippen LogP contribution in [0.2, 0.25) is 0 Å². The highest BCUT2D eigenvalue weighted by Gasteiger charge is 2.12. The van der Waals surface area contributed by atoms with Gasteiger partial charge in [-0.2, -0.15) is 5.10 Å². The van der Waals surface area contributed by atoms with Crippen molar-refractivity contribution in [1.29, 1.82) is 0 Å². The van der Waals surface area contributed by atoms with E-state index in [9.17, 15) is 9.59 Å². The van der Waals surface area contributed by atoms with Gasteiger partial charge >= 0.3 is 5.97 Å². The Balaban J connectivity index is 1.49. The van der Waals surface area contributed by atoms with E-state index >= 15 is 0 Å². The zero-order valence-electron chi connectivity index (χ0n) is 13.4. The van der Waals surface area contributed by atoms with Gasteiger partial charge in [0.1, 0.15) is 18.8 Å². The summed E-state index contributed by atoms with van der Waals surface area (Å²) in [6, 6.07) is 20.5. The lowest BCUT2D eigenvalue weighted by atomic mass is 10.1. The molecule has 1 amide bonds. The maximum atomic E-state index is 12.1. The van der Waals surface area contributed by atoms with Crippen LogP contribution in [0.15, 0.2) is 66.7 Å². The van der Waals surface area contributed by atoms with Gasteiger partial charge in [0.15, 0.2) is 0 Å². The van der Waals surface area contributed by atoms with Gasteiger partial charge in [0.05, 0.1) is 5.69 Å². The number of carbonyl (C=O) groups excluding carboxylic acids is 2. The quantitative estimate of drug-likeness (QED) is 0.678. The van der Waals surface area contributed by atoms with Crippen molar-refractivity contribution in [3.05, 3.63) is 78.0 Å². The molecule has 0 aliphatic carbocycles. The normalized spacial score (nSPS) is 10.2. The van der Waals surface area contributed by atoms with Crippen LogP contribution in [0.1, 0.15) is 16.1 Å². The van der Waals surface area contributed by atoms with Crippen molar-refractivity contribution in [2.45, 2.75) is 6.61 Å². The summed E-state index contributed by atoms with van der Waals surface area (Å²) >= 11 is 0. The molecule has 0 aliphatic heterocycles. The molecule has 3 aromatic rings. The largest absolute Gasteiger partial charge is 0.460 e. The van der Waals surface area contributed by atoms with Gasteiger partial charge in [-0.3, -0.25) is 14.7 Å². The summed E-state index contributed by atoms with van der Waals surface area (Å²) in [5.41, 5.74) is 2.75. The molecule has 25 heavy (non-hydrogen) atoms. The average Bonchev–Trinajstić information content (AvgIpc) is 3.16. The number of rotatable bonds is 6. The lowest BCUT2D eigenvalue weighted by molar-refractivity contribution is -0.143. The number of hydrogen-bond donors (Lipinski definition) is 2. The minimum absolute atomic E-state index is 0.178. The van der Waals surface area contributed by atoms with Gasteiger partial charge in [-0.1, -0.05) is 60.7 Å². The number of ether oxygens (including phenoxy) is 1. The second-order valence-corrected chi connectivity index (χ2v) is 5.36. The van der Waals surface area contributed by atoms with E-state index in [2.05, 4.69) is 15.5 Å². The fourth-order valence-electron chi connectivity index (χ4n) is 2.23. The lowest BCUT2D eigenvalue weighted by Crippen LogP contribution is -2.30. The Morgan fingerprint density at radius 1 is 1.00 bits per heavy atom. The molecule has 6 nitrogen and oxygen atoms in total. The minimum atomic E-state index is -0.500. The second-order valence-electron chi connectivity index (χ2n) is 5.36. The molecule has 1 aromatic heterocycles. The van der Waals surface area contributed by atoms with Gasteiger partial charge in [0, 0.05) is 5.56 Å². The van der Waals surface area contributed by atoms with Crippen LogP contribution in [-0.2, 0) is 16.1 Å². The Labute approximate surface area is 144 Å². The summed E-state index contributed by atoms with van der Waals surface area (Å²) in [6.45, 7) is -0.0247. The molecule has 2 N–H and O–H groups in total. The third-order valence-electron chi connectivity index (χ3n) is 3.53. The second kappa shape index (κ2) is 7.92. The Morgan fingerprint density at radius 2 is 1.68 bits per heavy atom. The van der Waals surface area contributed by atoms with Crippen molar-refractivity contribution < 1.29 is 14.3 Å². The molecule has 0 radical (unpaired) electrons. The topological polar surface area (TPSA) is 84.1 Å². The first-order chi connectivity index (χ1) is 12.2. The predicted molar refractivity (Wildman–Crippen MR) is 92.6 cm³/mol. The number of aromatic amines is 1. The highest BCUT2D eigenvalue weighted by atomic mass is 16.5. The third kappa shape index (κ3) is 4.54. The first-order valence-electron chi connectivity index (χ1n) is 7.81. The fourth-order valence-corrected chi connectivity index (χ4v) is 2.23. The van der Waals surface area contributed by atoms with Crippen LogP contribution in [0.5, 0.6) is 0 Å². The van der Waals surface area contributed by atoms with Gasteiger partial charge < -0.3 is 10.1 Å². The number of nitrogens with zero attached hydrogens (tertiary/aromatic N) is 1. The van der Waals surface area contributed by atoms with Crippen LogP contribution in [0.25, 0.3) is 11.3 Å². The van der Waals surface area contributed by atoms with Gasteiger partial charge in [0.2, 0.25) is 0 Å². The van der Waals surface area contributed by atoms with E-state index in [1.807, 2.05) is 60.7 Å². The molecule has 3 rings (SSSR count). The van der Waals surface area contributed by atoms with Crippen molar-refractivity contribution in [2.24, 2.45) is 0 Å². The molecule has 0 fully saturated rings. The van der Waals surface area contributed by atoms with Crippen LogP contribution in [0.4, 0.5) is 0 Å². The van der Waals surface area contributed by atoms with Crippen molar-refractivity contribution in [3.8, 4) is 11.3 Å². The Morgan fingerprint density at radius 3 is 2.40 bits per heavy atom. The van der Waals surface area contributed by atoms with E-state index in [1.165, 1.54) is 0 Å². The van der Waals surface area contributed by atoms with Gasteiger partial charge in [-0.15, -0.1) is 0 Å². The molecule has 0 saturated heterocycles. The Hall–Kier alpha value is -3.41. The molecule has 0 spiro atoms. The molecule has 0 aliphatic rings. The Kier molecular flexibility index (Phi) is 5.21. The molecule has 2 aromatic carbocycles. The number of hydrogen-bond acceptors (Lipinski definition) is 4. The Bertz CT molecular complexity index is 845. The lowest BCUT2D eigenvalue weighted by Gasteiger charge is -2.05. The first-order valence-corrected chi connectivity index (χ1v) is 7.81. The van der Waals surface area contributed by atoms with Crippen LogP contribution in [0.3, 0.4) is 0 Å². The van der Waals surface area contributed by atoms with Crippen LogP contribution >= 0.6 is 0 Å². The molecule has 0 unspecified atom stereocenters. The van der Waals surface area contributed by atoms with Crippen molar-refractivity contribution in [1.82, 2.24) is 15.5 Å². The van der Waals surface area contributed by atoms with Crippen molar-refractivity contribution in [2.75, 3.05) is 6.54 Å². The average molecular weight is 335 g/mol. The monoisotopic (exact) mass is 335 g/mol. The number of amides is 1. The van der Waals surface area contributed by atoms with E-state index < -0.39 is 11.9 Å². The van der Waals surface area contributed by atoms with E-state index in [0.717, 1.165) is 11.1 Å². The summed E-state index contributed by atoms with van der Waals surface area (Å²) in [6.07, 6.45) is 0. The van der Waals surface area contributed by atoms with Crippen LogP contribution in [0, 0.1) is 0 Å². The number of H-pyrrole nitrogens is 1. The molecule has 0 atom stereocenters. The standard InChI is InChI=1S/C19H17N3O3/c23-18(25-13-14-7-3-1-4-8-14)12-20-19(24)17-11-16(21-22-17)15-9-5-2-6-10-15/h1-11H,12-13H2,(H,20,24)(H,21,22). The van der Waals surface area contributed by atoms with E-state index in [4.69, 9.17) is 4.74 Å². The number of nitrogens with one attached hydrogen (secondary N) is 2. The molecule has 0 bridgehead atoms. The zero-order valence-corrected chi connectivity index (χ0v) is 13.4. The van der Waals surface area contributed by atoms with Crippen LogP contribution < -0.4 is 5.32 Å². The van der Waals surface area contributed by atoms with E-state index in [0.29, 0.717) is 5.69 Å². The van der Waals surface area contributed by atoms with Crippen molar-refractivity contribution in [3.63, 3.8) is 0 Å². The third-order valence-corrected chi connectivity index (χ3v) is 3.53. The van der Waals surface area contributed by atoms with Gasteiger partial charge in [-0.05, 0) is 11.6 Å². The molecule has 6 heteroatoms. The molecular formula is C19H17N3O3.